The highest BCUT2D eigenvalue weighted by Gasteiger charge is 2.17. The maximum atomic E-state index is 6.25. The number of benzene rings is 7. The molecule has 0 radical (unpaired) electrons. The van der Waals surface area contributed by atoms with Crippen molar-refractivity contribution in [2.75, 3.05) is 0 Å². The number of rotatable bonds is 6. The zero-order valence-corrected chi connectivity index (χ0v) is 24.7. The maximum Gasteiger partial charge on any atom is 0.136 e. The van der Waals surface area contributed by atoms with Crippen LogP contribution in [0, 0.1) is 0 Å². The lowest BCUT2D eigenvalue weighted by atomic mass is 10.0. The first-order chi connectivity index (χ1) is 22.3. The molecule has 7 aromatic carbocycles. The van der Waals surface area contributed by atoms with Crippen LogP contribution in [0.15, 0.2) is 156 Å². The Balaban J connectivity index is 1.18. The second-order valence-corrected chi connectivity index (χ2v) is 11.8. The molecule has 1 N–H and O–H groups in total. The molecule has 0 aliphatic carbocycles. The van der Waals surface area contributed by atoms with Crippen LogP contribution in [0.25, 0.3) is 71.3 Å². The second kappa shape index (κ2) is 10.5. The van der Waals surface area contributed by atoms with Gasteiger partial charge in [0.15, 0.2) is 0 Å². The lowest BCUT2D eigenvalue weighted by molar-refractivity contribution is 0.669. The molecule has 0 bridgehead atoms. The molecule has 0 atom stereocenters. The van der Waals surface area contributed by atoms with Gasteiger partial charge in [-0.15, -0.1) is 0 Å². The third-order valence-corrected chi connectivity index (χ3v) is 9.11. The Hall–Kier alpha value is -5.64. The summed E-state index contributed by atoms with van der Waals surface area (Å²) in [5, 5.41) is 11.0. The Kier molecular flexibility index (Phi) is 6.03. The zero-order valence-electron chi connectivity index (χ0n) is 24.7. The molecule has 0 saturated carbocycles. The van der Waals surface area contributed by atoms with Crippen LogP contribution in [-0.2, 0) is 13.1 Å². The molecular formula is C42H30N2O. The minimum absolute atomic E-state index is 0.803. The monoisotopic (exact) mass is 578 g/mol. The Morgan fingerprint density at radius 1 is 0.444 bits per heavy atom. The molecule has 45 heavy (non-hydrogen) atoms. The van der Waals surface area contributed by atoms with Crippen LogP contribution in [-0.4, -0.2) is 4.57 Å². The van der Waals surface area contributed by atoms with Gasteiger partial charge in [0.05, 0.1) is 16.7 Å². The summed E-state index contributed by atoms with van der Waals surface area (Å²) in [5.41, 5.74) is 10.3. The smallest absolute Gasteiger partial charge is 0.136 e. The van der Waals surface area contributed by atoms with E-state index in [1.165, 1.54) is 55.0 Å². The summed E-state index contributed by atoms with van der Waals surface area (Å²) >= 11 is 0. The van der Waals surface area contributed by atoms with E-state index < -0.39 is 0 Å². The van der Waals surface area contributed by atoms with Crippen LogP contribution in [0.3, 0.4) is 0 Å². The minimum atomic E-state index is 0.803. The van der Waals surface area contributed by atoms with E-state index in [0.717, 1.165) is 40.6 Å². The zero-order chi connectivity index (χ0) is 29.7. The highest BCUT2D eigenvalue weighted by Crippen LogP contribution is 2.38. The molecule has 2 aromatic heterocycles. The van der Waals surface area contributed by atoms with Crippen LogP contribution in [0.5, 0.6) is 0 Å². The summed E-state index contributed by atoms with van der Waals surface area (Å²) in [6.45, 7) is 1.64. The molecule has 9 rings (SSSR count). The second-order valence-electron chi connectivity index (χ2n) is 11.8. The first-order valence-corrected chi connectivity index (χ1v) is 15.5. The van der Waals surface area contributed by atoms with Crippen LogP contribution < -0.4 is 5.32 Å². The van der Waals surface area contributed by atoms with Gasteiger partial charge in [-0.25, -0.2) is 0 Å². The highest BCUT2D eigenvalue weighted by molar-refractivity contribution is 6.12. The van der Waals surface area contributed by atoms with E-state index in [2.05, 4.69) is 149 Å². The van der Waals surface area contributed by atoms with Crippen molar-refractivity contribution >= 4 is 54.5 Å². The minimum Gasteiger partial charge on any atom is -0.456 e. The average Bonchev–Trinajstić information content (AvgIpc) is 3.64. The fourth-order valence-corrected chi connectivity index (χ4v) is 6.95. The van der Waals surface area contributed by atoms with Crippen molar-refractivity contribution in [3.63, 3.8) is 0 Å². The summed E-state index contributed by atoms with van der Waals surface area (Å²) in [5.74, 6) is 0. The molecule has 0 aliphatic heterocycles. The predicted octanol–water partition coefficient (Wildman–Crippen LogP) is 10.8. The summed E-state index contributed by atoms with van der Waals surface area (Å²) in [4.78, 5) is 0. The Morgan fingerprint density at radius 2 is 1.09 bits per heavy atom. The van der Waals surface area contributed by atoms with Crippen molar-refractivity contribution in [3.05, 3.63) is 163 Å². The largest absolute Gasteiger partial charge is 0.456 e. The van der Waals surface area contributed by atoms with Crippen molar-refractivity contribution in [1.82, 2.24) is 9.88 Å². The summed E-state index contributed by atoms with van der Waals surface area (Å²) in [6, 6.07) is 54.4. The van der Waals surface area contributed by atoms with Gasteiger partial charge in [0, 0.05) is 40.0 Å². The number of hydrogen-bond acceptors (Lipinski definition) is 2. The van der Waals surface area contributed by atoms with Crippen molar-refractivity contribution < 1.29 is 4.42 Å². The number of nitrogens with one attached hydrogen (secondary N) is 1. The van der Waals surface area contributed by atoms with Gasteiger partial charge in [0.1, 0.15) is 11.2 Å². The van der Waals surface area contributed by atoms with Gasteiger partial charge in [-0.05, 0) is 64.0 Å². The molecule has 0 amide bonds. The van der Waals surface area contributed by atoms with Gasteiger partial charge in [-0.1, -0.05) is 115 Å². The van der Waals surface area contributed by atoms with E-state index >= 15 is 0 Å². The molecule has 0 fully saturated rings. The standard InChI is InChI=1S/C42H30N2O/c1-2-10-28(11-3-1)26-43-27-31-20-23-39(33-13-5-4-12-32(31)33)44-38-16-8-6-14-34(38)35-21-18-29(24-40(35)44)30-19-22-37-36-15-7-9-17-41(36)45-42(37)25-30/h1-25,43H,26-27H2. The molecule has 0 aliphatic rings. The summed E-state index contributed by atoms with van der Waals surface area (Å²) in [7, 11) is 0. The van der Waals surface area contributed by atoms with E-state index in [-0.39, 0.29) is 0 Å². The van der Waals surface area contributed by atoms with Crippen LogP contribution in [0.2, 0.25) is 0 Å². The fraction of sp³-hybridized carbons (Fsp3) is 0.0476. The van der Waals surface area contributed by atoms with E-state index in [4.69, 9.17) is 4.42 Å². The van der Waals surface area contributed by atoms with Crippen molar-refractivity contribution in [3.8, 4) is 16.8 Å². The number of para-hydroxylation sites is 2. The van der Waals surface area contributed by atoms with E-state index in [9.17, 15) is 0 Å². The number of nitrogens with zero attached hydrogens (tertiary/aromatic N) is 1. The first-order valence-electron chi connectivity index (χ1n) is 15.5. The number of fused-ring (bicyclic) bond motifs is 7. The van der Waals surface area contributed by atoms with Gasteiger partial charge in [-0.2, -0.15) is 0 Å². The first kappa shape index (κ1) is 25.8. The average molecular weight is 579 g/mol. The number of hydrogen-bond donors (Lipinski definition) is 1. The van der Waals surface area contributed by atoms with Gasteiger partial charge >= 0.3 is 0 Å². The maximum absolute atomic E-state index is 6.25. The van der Waals surface area contributed by atoms with Crippen molar-refractivity contribution in [2.24, 2.45) is 0 Å². The molecule has 9 aromatic rings. The molecule has 0 saturated heterocycles. The quantitative estimate of drug-likeness (QED) is 0.213. The number of furan rings is 1. The molecule has 214 valence electrons. The van der Waals surface area contributed by atoms with Crippen molar-refractivity contribution in [2.45, 2.75) is 13.1 Å². The topological polar surface area (TPSA) is 30.1 Å². The molecular weight excluding hydrogens is 548 g/mol. The van der Waals surface area contributed by atoms with E-state index in [0.29, 0.717) is 0 Å². The summed E-state index contributed by atoms with van der Waals surface area (Å²) < 4.78 is 8.69. The molecule has 3 heteroatoms. The molecule has 0 spiro atoms. The Labute approximate surface area is 261 Å². The van der Waals surface area contributed by atoms with Gasteiger partial charge < -0.3 is 14.3 Å². The van der Waals surface area contributed by atoms with Crippen molar-refractivity contribution in [1.29, 1.82) is 0 Å². The lowest BCUT2D eigenvalue weighted by Crippen LogP contribution is -2.13. The van der Waals surface area contributed by atoms with Crippen LogP contribution in [0.1, 0.15) is 11.1 Å². The fourth-order valence-electron chi connectivity index (χ4n) is 6.95. The third kappa shape index (κ3) is 4.32. The lowest BCUT2D eigenvalue weighted by Gasteiger charge is -2.15. The molecule has 3 nitrogen and oxygen atoms in total. The summed E-state index contributed by atoms with van der Waals surface area (Å²) in [6.07, 6.45) is 0. The van der Waals surface area contributed by atoms with Gasteiger partial charge in [0.2, 0.25) is 0 Å². The highest BCUT2D eigenvalue weighted by atomic mass is 16.3. The predicted molar refractivity (Wildman–Crippen MR) is 188 cm³/mol. The van der Waals surface area contributed by atoms with Crippen LogP contribution in [0.4, 0.5) is 0 Å². The Morgan fingerprint density at radius 3 is 1.96 bits per heavy atom. The molecule has 2 heterocycles. The third-order valence-electron chi connectivity index (χ3n) is 9.11. The van der Waals surface area contributed by atoms with Gasteiger partial charge in [-0.3, -0.25) is 0 Å². The van der Waals surface area contributed by atoms with Crippen LogP contribution >= 0.6 is 0 Å². The normalized spacial score (nSPS) is 11.8. The number of aromatic nitrogens is 1. The van der Waals surface area contributed by atoms with E-state index in [1.807, 2.05) is 12.1 Å². The van der Waals surface area contributed by atoms with Gasteiger partial charge in [0.25, 0.3) is 0 Å². The Bertz CT molecular complexity index is 2520. The SMILES string of the molecule is c1ccc(CNCc2ccc(-n3c4ccccc4c4ccc(-c5ccc6c(c5)oc5ccccc56)cc43)c3ccccc23)cc1. The molecule has 0 unspecified atom stereocenters. The van der Waals surface area contributed by atoms with E-state index in [1.54, 1.807) is 0 Å².